The van der Waals surface area contributed by atoms with Gasteiger partial charge in [0.2, 0.25) is 12.3 Å². The van der Waals surface area contributed by atoms with E-state index >= 15 is 0 Å². The first kappa shape index (κ1) is 39.8. The van der Waals surface area contributed by atoms with Crippen LogP contribution in [0.3, 0.4) is 0 Å². The molecule has 0 bridgehead atoms. The third-order valence-electron chi connectivity index (χ3n) is 11.8. The SMILES string of the molecule is CNC(=O)CCN(C=O)c1cncc2c1cnn2C1CCN(CCC2CCN(c3ccc(NC(=O)N4CCN(c5ccc(C#N)c(Cl)c5)C(C)C4)cn3)CC2)CC1. The molecule has 7 rings (SSSR count). The minimum atomic E-state index is -0.140. The Morgan fingerprint density at radius 1 is 1.02 bits per heavy atom. The lowest BCUT2D eigenvalue weighted by molar-refractivity contribution is -0.120. The van der Waals surface area contributed by atoms with E-state index < -0.39 is 0 Å². The minimum absolute atomic E-state index is 0.0868. The van der Waals surface area contributed by atoms with Crippen LogP contribution < -0.4 is 25.3 Å². The van der Waals surface area contributed by atoms with E-state index in [1.165, 1.54) is 11.3 Å². The summed E-state index contributed by atoms with van der Waals surface area (Å²) in [5.74, 6) is 1.50. The quantitative estimate of drug-likeness (QED) is 0.184. The lowest BCUT2D eigenvalue weighted by Gasteiger charge is -2.41. The molecule has 16 heteroatoms. The van der Waals surface area contributed by atoms with Crippen LogP contribution in [0.5, 0.6) is 0 Å². The molecule has 3 aromatic heterocycles. The largest absolute Gasteiger partial charge is 0.365 e. The number of piperidine rings is 2. The molecule has 300 valence electrons. The number of aromatic nitrogens is 4. The van der Waals surface area contributed by atoms with Crippen LogP contribution in [-0.2, 0) is 9.59 Å². The Labute approximate surface area is 338 Å². The van der Waals surface area contributed by atoms with Crippen LogP contribution >= 0.6 is 11.6 Å². The van der Waals surface area contributed by atoms with Crippen molar-refractivity contribution < 1.29 is 14.4 Å². The van der Waals surface area contributed by atoms with Gasteiger partial charge in [0.15, 0.2) is 0 Å². The average Bonchev–Trinajstić information content (AvgIpc) is 3.68. The van der Waals surface area contributed by atoms with Crippen molar-refractivity contribution in [3.8, 4) is 6.07 Å². The molecule has 1 aromatic carbocycles. The summed E-state index contributed by atoms with van der Waals surface area (Å²) in [6, 6.07) is 11.7. The van der Waals surface area contributed by atoms with Gasteiger partial charge in [-0.2, -0.15) is 10.4 Å². The van der Waals surface area contributed by atoms with Crippen LogP contribution in [0.2, 0.25) is 5.02 Å². The number of rotatable bonds is 12. The lowest BCUT2D eigenvalue weighted by Crippen LogP contribution is -2.54. The fourth-order valence-electron chi connectivity index (χ4n) is 8.39. The number of piperazine rings is 1. The molecular weight excluding hydrogens is 744 g/mol. The monoisotopic (exact) mass is 794 g/mol. The Morgan fingerprint density at radius 2 is 1.82 bits per heavy atom. The molecule has 4 amide bonds. The molecule has 1 atom stereocenters. The van der Waals surface area contributed by atoms with E-state index in [4.69, 9.17) is 21.7 Å². The fourth-order valence-corrected chi connectivity index (χ4v) is 8.61. The molecule has 0 radical (unpaired) electrons. The van der Waals surface area contributed by atoms with Crippen molar-refractivity contribution in [2.75, 3.05) is 86.0 Å². The van der Waals surface area contributed by atoms with Crippen molar-refractivity contribution in [3.05, 3.63) is 65.7 Å². The van der Waals surface area contributed by atoms with Gasteiger partial charge in [0.1, 0.15) is 11.9 Å². The maximum absolute atomic E-state index is 13.2. The fraction of sp³-hybridized carbons (Fsp3) is 0.488. The highest BCUT2D eigenvalue weighted by Gasteiger charge is 2.29. The van der Waals surface area contributed by atoms with E-state index in [9.17, 15) is 19.6 Å². The van der Waals surface area contributed by atoms with Crippen molar-refractivity contribution in [1.29, 1.82) is 5.26 Å². The zero-order valence-corrected chi connectivity index (χ0v) is 33.4. The van der Waals surface area contributed by atoms with Gasteiger partial charge < -0.3 is 35.1 Å². The summed E-state index contributed by atoms with van der Waals surface area (Å²) in [7, 11) is 1.59. The zero-order chi connectivity index (χ0) is 39.9. The van der Waals surface area contributed by atoms with Crippen LogP contribution in [0.25, 0.3) is 10.9 Å². The van der Waals surface area contributed by atoms with Gasteiger partial charge in [-0.05, 0) is 81.8 Å². The molecule has 3 aliphatic heterocycles. The van der Waals surface area contributed by atoms with Gasteiger partial charge >= 0.3 is 6.03 Å². The van der Waals surface area contributed by atoms with Gasteiger partial charge in [-0.25, -0.2) is 9.78 Å². The Balaban J connectivity index is 0.824. The summed E-state index contributed by atoms with van der Waals surface area (Å²) in [6.45, 7) is 9.21. The van der Waals surface area contributed by atoms with Crippen molar-refractivity contribution in [3.63, 3.8) is 0 Å². The average molecular weight is 795 g/mol. The lowest BCUT2D eigenvalue weighted by atomic mass is 9.93. The smallest absolute Gasteiger partial charge is 0.322 e. The second-order valence-electron chi connectivity index (χ2n) is 15.3. The third-order valence-corrected chi connectivity index (χ3v) is 12.1. The number of carbonyl (C=O) groups excluding carboxylic acids is 3. The van der Waals surface area contributed by atoms with E-state index in [-0.39, 0.29) is 37.0 Å². The van der Waals surface area contributed by atoms with Crippen molar-refractivity contribution in [2.24, 2.45) is 5.92 Å². The molecule has 1 unspecified atom stereocenters. The van der Waals surface area contributed by atoms with Gasteiger partial charge in [-0.3, -0.25) is 19.3 Å². The number of fused-ring (bicyclic) bond motifs is 1. The third kappa shape index (κ3) is 9.24. The first-order valence-electron chi connectivity index (χ1n) is 19.9. The minimum Gasteiger partial charge on any atom is -0.365 e. The summed E-state index contributed by atoms with van der Waals surface area (Å²) >= 11 is 6.27. The normalized spacial score (nSPS) is 18.4. The summed E-state index contributed by atoms with van der Waals surface area (Å²) in [5, 5.41) is 20.9. The number of halogens is 1. The maximum Gasteiger partial charge on any atom is 0.322 e. The molecule has 2 N–H and O–H groups in total. The van der Waals surface area contributed by atoms with Crippen molar-refractivity contribution >= 4 is 63.7 Å². The summed E-state index contributed by atoms with van der Waals surface area (Å²) < 4.78 is 2.06. The highest BCUT2D eigenvalue weighted by atomic mass is 35.5. The predicted octanol–water partition coefficient (Wildman–Crippen LogP) is 5.14. The standard InChI is InChI=1S/C41H51ClN12O3/c1-29-27-51(19-20-53(29)34-5-3-31(22-43)36(42)21-34)41(57)48-32-4-6-39(46-23-32)50-16-8-30(9-17-50)7-13-49-14-10-33(11-15-49)54-38-26-45-25-37(35(38)24-47-54)52(28-55)18-12-40(56)44-2/h3-6,21,23-26,28-30,33H,7-20,27H2,1-2H3,(H,44,56)(H,48,57). The Bertz CT molecular complexity index is 2070. The number of carbonyl (C=O) groups is 3. The van der Waals surface area contributed by atoms with Gasteiger partial charge in [0.05, 0.1) is 58.3 Å². The number of urea groups is 1. The number of nitriles is 1. The van der Waals surface area contributed by atoms with Crippen LogP contribution in [-0.4, -0.2) is 120 Å². The molecule has 6 heterocycles. The molecule has 0 saturated carbocycles. The van der Waals surface area contributed by atoms with Crippen molar-refractivity contribution in [2.45, 2.75) is 57.5 Å². The topological polar surface area (TPSA) is 159 Å². The van der Waals surface area contributed by atoms with Crippen molar-refractivity contribution in [1.82, 2.24) is 34.9 Å². The van der Waals surface area contributed by atoms with E-state index in [1.807, 2.05) is 41.6 Å². The highest BCUT2D eigenvalue weighted by molar-refractivity contribution is 6.32. The van der Waals surface area contributed by atoms with E-state index in [1.54, 1.807) is 25.5 Å². The maximum atomic E-state index is 13.2. The Kier molecular flexibility index (Phi) is 12.7. The van der Waals surface area contributed by atoms with Gasteiger partial charge in [-0.15, -0.1) is 0 Å². The summed E-state index contributed by atoms with van der Waals surface area (Å²) in [5.41, 5.74) is 3.66. The van der Waals surface area contributed by atoms with E-state index in [2.05, 4.69) is 48.0 Å². The molecule has 4 aromatic rings. The number of hydrogen-bond donors (Lipinski definition) is 2. The van der Waals surface area contributed by atoms with Crippen LogP contribution in [0.4, 0.5) is 27.7 Å². The second kappa shape index (κ2) is 18.2. The number of anilines is 4. The predicted molar refractivity (Wildman–Crippen MR) is 222 cm³/mol. The second-order valence-corrected chi connectivity index (χ2v) is 15.7. The zero-order valence-electron chi connectivity index (χ0n) is 32.7. The molecule has 3 saturated heterocycles. The number of nitrogens with one attached hydrogen (secondary N) is 2. The van der Waals surface area contributed by atoms with Gasteiger partial charge in [0.25, 0.3) is 0 Å². The molecule has 3 aliphatic rings. The summed E-state index contributed by atoms with van der Waals surface area (Å²) in [4.78, 5) is 56.5. The highest BCUT2D eigenvalue weighted by Crippen LogP contribution is 2.32. The molecule has 0 spiro atoms. The van der Waals surface area contributed by atoms with Crippen LogP contribution in [0.1, 0.15) is 57.1 Å². The number of benzene rings is 1. The first-order valence-corrected chi connectivity index (χ1v) is 20.3. The van der Waals surface area contributed by atoms with Crippen LogP contribution in [0, 0.1) is 17.2 Å². The van der Waals surface area contributed by atoms with E-state index in [0.717, 1.165) is 87.2 Å². The molecular formula is C41H51ClN12O3. The number of hydrogen-bond acceptors (Lipinski definition) is 10. The number of nitrogens with zero attached hydrogens (tertiary/aromatic N) is 10. The number of pyridine rings is 2. The Hall–Kier alpha value is -5.46. The molecule has 0 aliphatic carbocycles. The van der Waals surface area contributed by atoms with Gasteiger partial charge in [0, 0.05) is 82.9 Å². The Morgan fingerprint density at radius 3 is 2.51 bits per heavy atom. The number of likely N-dealkylation sites (tertiary alicyclic amines) is 1. The summed E-state index contributed by atoms with van der Waals surface area (Å²) in [6.07, 6.45) is 13.4. The van der Waals surface area contributed by atoms with Gasteiger partial charge in [-0.1, -0.05) is 11.6 Å². The first-order chi connectivity index (χ1) is 27.7. The molecule has 15 nitrogen and oxygen atoms in total. The van der Waals surface area contributed by atoms with E-state index in [0.29, 0.717) is 47.5 Å². The molecule has 57 heavy (non-hydrogen) atoms. The number of amides is 4. The molecule has 3 fully saturated rings. The van der Waals surface area contributed by atoms with Crippen LogP contribution in [0.15, 0.2) is 55.1 Å².